The first kappa shape index (κ1) is 21.2. The van der Waals surface area contributed by atoms with E-state index in [1.807, 2.05) is 30.3 Å². The monoisotopic (exact) mass is 396 g/mol. The van der Waals surface area contributed by atoms with Gasteiger partial charge in [0.1, 0.15) is 0 Å². The minimum atomic E-state index is -0.0383. The number of hydrogen-bond acceptors (Lipinski definition) is 4. The van der Waals surface area contributed by atoms with Crippen LogP contribution in [0.25, 0.3) is 0 Å². The average molecular weight is 397 g/mol. The van der Waals surface area contributed by atoms with E-state index in [1.54, 1.807) is 14.2 Å². The van der Waals surface area contributed by atoms with E-state index in [1.165, 1.54) is 31.5 Å². The van der Waals surface area contributed by atoms with E-state index in [0.29, 0.717) is 23.6 Å². The molecule has 1 atom stereocenters. The van der Waals surface area contributed by atoms with Crippen molar-refractivity contribution in [3.63, 3.8) is 0 Å². The molecule has 0 spiro atoms. The van der Waals surface area contributed by atoms with Crippen LogP contribution in [0.1, 0.15) is 41.3 Å². The van der Waals surface area contributed by atoms with Gasteiger partial charge < -0.3 is 14.8 Å². The van der Waals surface area contributed by atoms with Crippen LogP contribution < -0.4 is 14.8 Å². The van der Waals surface area contributed by atoms with E-state index < -0.39 is 0 Å². The Morgan fingerprint density at radius 1 is 1.07 bits per heavy atom. The number of hydrogen-bond donors (Lipinski definition) is 1. The zero-order valence-corrected chi connectivity index (χ0v) is 17.7. The molecule has 1 aliphatic heterocycles. The van der Waals surface area contributed by atoms with E-state index in [0.717, 1.165) is 24.4 Å². The molecule has 3 rings (SSSR count). The van der Waals surface area contributed by atoms with Gasteiger partial charge in [-0.3, -0.25) is 9.69 Å². The highest BCUT2D eigenvalue weighted by molar-refractivity contribution is 5.94. The highest BCUT2D eigenvalue weighted by Gasteiger charge is 2.16. The van der Waals surface area contributed by atoms with Gasteiger partial charge in [0.2, 0.25) is 0 Å². The topological polar surface area (TPSA) is 50.8 Å². The lowest BCUT2D eigenvalue weighted by Crippen LogP contribution is -2.33. The van der Waals surface area contributed by atoms with Crippen molar-refractivity contribution in [1.82, 2.24) is 10.2 Å². The quantitative estimate of drug-likeness (QED) is 0.735. The van der Waals surface area contributed by atoms with E-state index in [9.17, 15) is 4.79 Å². The summed E-state index contributed by atoms with van der Waals surface area (Å²) in [5.41, 5.74) is 3.06. The van der Waals surface area contributed by atoms with Crippen LogP contribution in [0.4, 0.5) is 0 Å². The van der Waals surface area contributed by atoms with Crippen LogP contribution in [0, 0.1) is 5.92 Å². The zero-order valence-electron chi connectivity index (χ0n) is 17.7. The number of amides is 1. The molecule has 5 heteroatoms. The van der Waals surface area contributed by atoms with E-state index in [4.69, 9.17) is 9.47 Å². The second-order valence-electron chi connectivity index (χ2n) is 7.87. The fraction of sp³-hybridized carbons (Fsp3) is 0.458. The van der Waals surface area contributed by atoms with Crippen LogP contribution in [0.15, 0.2) is 42.5 Å². The minimum absolute atomic E-state index is 0.0383. The molecule has 0 radical (unpaired) electrons. The molecule has 156 valence electrons. The van der Waals surface area contributed by atoms with Crippen molar-refractivity contribution in [2.45, 2.75) is 32.7 Å². The fourth-order valence-corrected chi connectivity index (χ4v) is 3.91. The predicted octanol–water partition coefficient (Wildman–Crippen LogP) is 3.91. The Balaban J connectivity index is 1.48. The molecule has 2 aromatic rings. The Labute approximate surface area is 174 Å². The molecule has 0 aromatic heterocycles. The van der Waals surface area contributed by atoms with Gasteiger partial charge in [-0.2, -0.15) is 0 Å². The molecule has 1 unspecified atom stereocenters. The number of likely N-dealkylation sites (tertiary alicyclic amines) is 1. The van der Waals surface area contributed by atoms with Gasteiger partial charge in [-0.15, -0.1) is 0 Å². The first-order valence-electron chi connectivity index (χ1n) is 10.4. The first-order chi connectivity index (χ1) is 14.1. The van der Waals surface area contributed by atoms with Crippen molar-refractivity contribution in [1.29, 1.82) is 0 Å². The highest BCUT2D eigenvalue weighted by Crippen LogP contribution is 2.27. The van der Waals surface area contributed by atoms with E-state index in [-0.39, 0.29) is 5.91 Å². The van der Waals surface area contributed by atoms with Crippen LogP contribution >= 0.6 is 0 Å². The summed E-state index contributed by atoms with van der Waals surface area (Å²) in [6.07, 6.45) is 3.35. The summed E-state index contributed by atoms with van der Waals surface area (Å²) in [7, 11) is 3.25. The molecule has 1 fully saturated rings. The molecule has 2 aromatic carbocycles. The lowest BCUT2D eigenvalue weighted by Gasteiger charge is -2.30. The highest BCUT2D eigenvalue weighted by atomic mass is 16.5. The summed E-state index contributed by atoms with van der Waals surface area (Å²) >= 11 is 0. The number of carbonyl (C=O) groups excluding carboxylic acids is 1. The average Bonchev–Trinajstić information content (AvgIpc) is 2.74. The van der Waals surface area contributed by atoms with Crippen molar-refractivity contribution in [2.24, 2.45) is 5.92 Å². The summed E-state index contributed by atoms with van der Waals surface area (Å²) in [6.45, 7) is 6.19. The SMILES string of the molecule is COc1ccc(CCNC(=O)c2ccc(CN3CCCC(C)C3)cc2)cc1OC. The lowest BCUT2D eigenvalue weighted by molar-refractivity contribution is 0.0954. The zero-order chi connectivity index (χ0) is 20.6. The number of nitrogens with one attached hydrogen (secondary N) is 1. The summed E-state index contributed by atoms with van der Waals surface area (Å²) in [6, 6.07) is 13.8. The third kappa shape index (κ3) is 5.97. The lowest BCUT2D eigenvalue weighted by atomic mass is 9.99. The Bertz CT molecular complexity index is 804. The van der Waals surface area contributed by atoms with Crippen LogP contribution in [-0.2, 0) is 13.0 Å². The van der Waals surface area contributed by atoms with Crippen molar-refractivity contribution in [3.05, 3.63) is 59.2 Å². The molecule has 5 nitrogen and oxygen atoms in total. The van der Waals surface area contributed by atoms with Gasteiger partial charge in [0, 0.05) is 25.2 Å². The van der Waals surface area contributed by atoms with Crippen LogP contribution in [0.5, 0.6) is 11.5 Å². The van der Waals surface area contributed by atoms with Gasteiger partial charge in [0.25, 0.3) is 5.91 Å². The standard InChI is InChI=1S/C24H32N2O3/c1-18-5-4-14-26(16-18)17-20-6-9-21(10-7-20)24(27)25-13-12-19-8-11-22(28-2)23(15-19)29-3/h6-11,15,18H,4-5,12-14,16-17H2,1-3H3,(H,25,27). The molecule has 1 amide bonds. The fourth-order valence-electron chi connectivity index (χ4n) is 3.91. The van der Waals surface area contributed by atoms with Crippen molar-refractivity contribution < 1.29 is 14.3 Å². The molecule has 0 bridgehead atoms. The Hall–Kier alpha value is -2.53. The third-order valence-corrected chi connectivity index (χ3v) is 5.51. The second kappa shape index (κ2) is 10.3. The van der Waals surface area contributed by atoms with E-state index >= 15 is 0 Å². The summed E-state index contributed by atoms with van der Waals surface area (Å²) < 4.78 is 10.6. The Morgan fingerprint density at radius 2 is 1.79 bits per heavy atom. The number of nitrogens with zero attached hydrogens (tertiary/aromatic N) is 1. The molecular weight excluding hydrogens is 364 g/mol. The van der Waals surface area contributed by atoms with Gasteiger partial charge in [-0.1, -0.05) is 25.1 Å². The maximum atomic E-state index is 12.4. The Kier molecular flexibility index (Phi) is 7.53. The largest absolute Gasteiger partial charge is 0.493 e. The molecular formula is C24H32N2O3. The minimum Gasteiger partial charge on any atom is -0.493 e. The summed E-state index contributed by atoms with van der Waals surface area (Å²) in [5.74, 6) is 2.15. The Morgan fingerprint density at radius 3 is 2.48 bits per heavy atom. The van der Waals surface area contributed by atoms with Crippen molar-refractivity contribution >= 4 is 5.91 Å². The number of carbonyl (C=O) groups is 1. The summed E-state index contributed by atoms with van der Waals surface area (Å²) in [5, 5.41) is 3.00. The number of ether oxygens (including phenoxy) is 2. The normalized spacial score (nSPS) is 17.0. The van der Waals surface area contributed by atoms with Crippen molar-refractivity contribution in [3.8, 4) is 11.5 Å². The maximum Gasteiger partial charge on any atom is 0.251 e. The van der Waals surface area contributed by atoms with Crippen LogP contribution in [-0.4, -0.2) is 44.7 Å². The molecule has 0 saturated carbocycles. The molecule has 29 heavy (non-hydrogen) atoms. The molecule has 0 aliphatic carbocycles. The van der Waals surface area contributed by atoms with E-state index in [2.05, 4.69) is 29.3 Å². The second-order valence-corrected chi connectivity index (χ2v) is 7.87. The maximum absolute atomic E-state index is 12.4. The van der Waals surface area contributed by atoms with Gasteiger partial charge in [0.15, 0.2) is 11.5 Å². The number of piperidine rings is 1. The molecule has 1 N–H and O–H groups in total. The van der Waals surface area contributed by atoms with Crippen molar-refractivity contribution in [2.75, 3.05) is 33.9 Å². The predicted molar refractivity (Wildman–Crippen MR) is 116 cm³/mol. The molecule has 1 heterocycles. The van der Waals surface area contributed by atoms with Gasteiger partial charge in [-0.25, -0.2) is 0 Å². The first-order valence-corrected chi connectivity index (χ1v) is 10.4. The molecule has 1 aliphatic rings. The number of benzene rings is 2. The smallest absolute Gasteiger partial charge is 0.251 e. The third-order valence-electron chi connectivity index (χ3n) is 5.51. The van der Waals surface area contributed by atoms with Gasteiger partial charge in [-0.05, 0) is 67.1 Å². The number of methoxy groups -OCH3 is 2. The van der Waals surface area contributed by atoms with Gasteiger partial charge >= 0.3 is 0 Å². The van der Waals surface area contributed by atoms with Gasteiger partial charge in [0.05, 0.1) is 14.2 Å². The number of rotatable bonds is 8. The summed E-state index contributed by atoms with van der Waals surface area (Å²) in [4.78, 5) is 14.9. The van der Waals surface area contributed by atoms with Crippen LogP contribution in [0.3, 0.4) is 0 Å². The molecule has 1 saturated heterocycles. The van der Waals surface area contributed by atoms with Crippen LogP contribution in [0.2, 0.25) is 0 Å².